The van der Waals surface area contributed by atoms with Crippen molar-refractivity contribution in [3.8, 4) is 11.5 Å². The molecule has 3 heterocycles. The first-order valence-electron chi connectivity index (χ1n) is 9.34. The van der Waals surface area contributed by atoms with Crippen LogP contribution >= 0.6 is 0 Å². The number of aryl methyl sites for hydroxylation is 2. The van der Waals surface area contributed by atoms with Gasteiger partial charge in [-0.05, 0) is 49.2 Å². The maximum Gasteiger partial charge on any atom is 0.231 e. The first-order chi connectivity index (χ1) is 14.1. The lowest BCUT2D eigenvalue weighted by molar-refractivity contribution is -0.116. The summed E-state index contributed by atoms with van der Waals surface area (Å²) in [4.78, 5) is 20.5. The smallest absolute Gasteiger partial charge is 0.231 e. The van der Waals surface area contributed by atoms with Crippen LogP contribution in [-0.4, -0.2) is 22.7 Å². The van der Waals surface area contributed by atoms with Crippen LogP contribution in [0.3, 0.4) is 0 Å². The molecule has 0 radical (unpaired) electrons. The first-order valence-corrected chi connectivity index (χ1v) is 9.34. The molecule has 8 heteroatoms. The molecule has 0 saturated carbocycles. The summed E-state index contributed by atoms with van der Waals surface area (Å²) in [5, 5.41) is 9.43. The highest BCUT2D eigenvalue weighted by Crippen LogP contribution is 2.35. The van der Waals surface area contributed by atoms with Crippen LogP contribution in [0.2, 0.25) is 0 Å². The number of amides is 1. The molecular formula is C21H19N5O3. The summed E-state index contributed by atoms with van der Waals surface area (Å²) in [5.74, 6) is 2.69. The molecule has 0 spiro atoms. The number of hydrogen-bond acceptors (Lipinski definition) is 7. The Balaban J connectivity index is 1.36. The highest BCUT2D eigenvalue weighted by atomic mass is 16.7. The lowest BCUT2D eigenvalue weighted by atomic mass is 10.0. The number of carbonyl (C=O) groups is 1. The molecule has 5 rings (SSSR count). The zero-order valence-electron chi connectivity index (χ0n) is 15.8. The number of anilines is 5. The average molecular weight is 389 g/mol. The van der Waals surface area contributed by atoms with Crippen molar-refractivity contribution >= 4 is 34.7 Å². The Morgan fingerprint density at radius 1 is 1.00 bits per heavy atom. The fourth-order valence-electron chi connectivity index (χ4n) is 3.33. The molecule has 29 heavy (non-hydrogen) atoms. The van der Waals surface area contributed by atoms with Gasteiger partial charge in [0, 0.05) is 41.3 Å². The van der Waals surface area contributed by atoms with E-state index in [1.807, 2.05) is 43.3 Å². The van der Waals surface area contributed by atoms with Crippen molar-refractivity contribution in [3.63, 3.8) is 0 Å². The molecule has 2 aromatic carbocycles. The van der Waals surface area contributed by atoms with E-state index in [9.17, 15) is 4.79 Å². The van der Waals surface area contributed by atoms with Crippen molar-refractivity contribution in [2.75, 3.05) is 22.7 Å². The van der Waals surface area contributed by atoms with Crippen LogP contribution < -0.4 is 25.4 Å². The van der Waals surface area contributed by atoms with E-state index in [2.05, 4.69) is 25.9 Å². The van der Waals surface area contributed by atoms with Gasteiger partial charge >= 0.3 is 0 Å². The summed E-state index contributed by atoms with van der Waals surface area (Å²) in [5.41, 5.74) is 4.60. The Morgan fingerprint density at radius 2 is 1.83 bits per heavy atom. The molecule has 1 aromatic heterocycles. The zero-order chi connectivity index (χ0) is 19.8. The maximum atomic E-state index is 11.5. The van der Waals surface area contributed by atoms with Crippen LogP contribution in [-0.2, 0) is 11.2 Å². The minimum absolute atomic E-state index is 0.0549. The number of fused-ring (bicyclic) bond motifs is 2. The standard InChI is InChI=1S/C21H19N5O3/c1-12-10-22-21(24-14-3-5-16-13(8-14)2-7-19(27)25-16)26-20(12)23-15-4-6-17-18(9-15)29-11-28-17/h3-6,8-10H,2,7,11H2,1H3,(H,25,27)(H2,22,23,24,26). The molecule has 0 unspecified atom stereocenters. The van der Waals surface area contributed by atoms with Crippen molar-refractivity contribution in [1.29, 1.82) is 0 Å². The van der Waals surface area contributed by atoms with E-state index in [1.165, 1.54) is 0 Å². The van der Waals surface area contributed by atoms with Gasteiger partial charge in [-0.2, -0.15) is 4.98 Å². The first kappa shape index (κ1) is 17.3. The van der Waals surface area contributed by atoms with Crippen LogP contribution in [0.5, 0.6) is 11.5 Å². The molecule has 3 aromatic rings. The molecule has 2 aliphatic heterocycles. The van der Waals surface area contributed by atoms with Gasteiger partial charge in [0.1, 0.15) is 5.82 Å². The van der Waals surface area contributed by atoms with Crippen LogP contribution in [0.4, 0.5) is 28.8 Å². The Hall–Kier alpha value is -3.81. The number of nitrogens with zero attached hydrogens (tertiary/aromatic N) is 2. The maximum absolute atomic E-state index is 11.5. The molecule has 0 aliphatic carbocycles. The summed E-state index contributed by atoms with van der Waals surface area (Å²) in [6.45, 7) is 2.19. The summed E-state index contributed by atoms with van der Waals surface area (Å²) < 4.78 is 10.8. The van der Waals surface area contributed by atoms with E-state index in [4.69, 9.17) is 9.47 Å². The van der Waals surface area contributed by atoms with Gasteiger partial charge in [-0.3, -0.25) is 4.79 Å². The van der Waals surface area contributed by atoms with E-state index < -0.39 is 0 Å². The van der Waals surface area contributed by atoms with Crippen LogP contribution in [0, 0.1) is 6.92 Å². The van der Waals surface area contributed by atoms with E-state index in [0.29, 0.717) is 23.9 Å². The second-order valence-electron chi connectivity index (χ2n) is 6.96. The molecular weight excluding hydrogens is 370 g/mol. The van der Waals surface area contributed by atoms with Gasteiger partial charge in [-0.15, -0.1) is 0 Å². The predicted octanol–water partition coefficient (Wildman–Crippen LogP) is 3.89. The molecule has 1 amide bonds. The third kappa shape index (κ3) is 3.52. The van der Waals surface area contributed by atoms with E-state index in [1.54, 1.807) is 6.20 Å². The van der Waals surface area contributed by atoms with E-state index >= 15 is 0 Å². The van der Waals surface area contributed by atoms with Gasteiger partial charge < -0.3 is 25.4 Å². The normalized spacial score (nSPS) is 14.2. The Morgan fingerprint density at radius 3 is 2.76 bits per heavy atom. The summed E-state index contributed by atoms with van der Waals surface area (Å²) in [6, 6.07) is 11.5. The van der Waals surface area contributed by atoms with Gasteiger partial charge in [-0.1, -0.05) is 0 Å². The quantitative estimate of drug-likeness (QED) is 0.623. The zero-order valence-corrected chi connectivity index (χ0v) is 15.8. The molecule has 146 valence electrons. The van der Waals surface area contributed by atoms with Crippen molar-refractivity contribution in [1.82, 2.24) is 9.97 Å². The largest absolute Gasteiger partial charge is 0.454 e. The van der Waals surface area contributed by atoms with Crippen molar-refractivity contribution < 1.29 is 14.3 Å². The monoisotopic (exact) mass is 389 g/mol. The van der Waals surface area contributed by atoms with Gasteiger partial charge in [-0.25, -0.2) is 4.98 Å². The Bertz CT molecular complexity index is 1120. The highest BCUT2D eigenvalue weighted by Gasteiger charge is 2.16. The van der Waals surface area contributed by atoms with Crippen molar-refractivity contribution in [3.05, 3.63) is 53.7 Å². The number of carbonyl (C=O) groups excluding carboxylic acids is 1. The fraction of sp³-hybridized carbons (Fsp3) is 0.190. The summed E-state index contributed by atoms with van der Waals surface area (Å²) in [6.07, 6.45) is 2.99. The third-order valence-corrected chi connectivity index (χ3v) is 4.86. The highest BCUT2D eigenvalue weighted by molar-refractivity contribution is 5.94. The third-order valence-electron chi connectivity index (χ3n) is 4.86. The lowest BCUT2D eigenvalue weighted by Gasteiger charge is -2.18. The number of ether oxygens (including phenoxy) is 2. The molecule has 3 N–H and O–H groups in total. The van der Waals surface area contributed by atoms with E-state index in [0.717, 1.165) is 40.4 Å². The molecule has 8 nitrogen and oxygen atoms in total. The Labute approximate surface area is 167 Å². The summed E-state index contributed by atoms with van der Waals surface area (Å²) in [7, 11) is 0. The minimum Gasteiger partial charge on any atom is -0.454 e. The molecule has 0 fully saturated rings. The van der Waals surface area contributed by atoms with Crippen LogP contribution in [0.1, 0.15) is 17.5 Å². The number of benzene rings is 2. The molecule has 0 bridgehead atoms. The number of nitrogens with one attached hydrogen (secondary N) is 3. The average Bonchev–Trinajstić information content (AvgIpc) is 3.18. The summed E-state index contributed by atoms with van der Waals surface area (Å²) >= 11 is 0. The van der Waals surface area contributed by atoms with Gasteiger partial charge in [0.2, 0.25) is 18.6 Å². The molecule has 2 aliphatic rings. The van der Waals surface area contributed by atoms with Gasteiger partial charge in [0.05, 0.1) is 0 Å². The van der Waals surface area contributed by atoms with Crippen LogP contribution in [0.15, 0.2) is 42.6 Å². The van der Waals surface area contributed by atoms with Gasteiger partial charge in [0.15, 0.2) is 11.5 Å². The molecule has 0 saturated heterocycles. The predicted molar refractivity (Wildman–Crippen MR) is 109 cm³/mol. The van der Waals surface area contributed by atoms with Crippen molar-refractivity contribution in [2.24, 2.45) is 0 Å². The number of hydrogen-bond donors (Lipinski definition) is 3. The SMILES string of the molecule is Cc1cnc(Nc2ccc3c(c2)CCC(=O)N3)nc1Nc1ccc2c(c1)OCO2. The topological polar surface area (TPSA) is 97.4 Å². The number of aromatic nitrogens is 2. The van der Waals surface area contributed by atoms with Crippen molar-refractivity contribution in [2.45, 2.75) is 19.8 Å². The van der Waals surface area contributed by atoms with Crippen LogP contribution in [0.25, 0.3) is 0 Å². The van der Waals surface area contributed by atoms with E-state index in [-0.39, 0.29) is 12.7 Å². The second kappa shape index (κ2) is 6.97. The second-order valence-corrected chi connectivity index (χ2v) is 6.96. The fourth-order valence-corrected chi connectivity index (χ4v) is 3.33. The van der Waals surface area contributed by atoms with Gasteiger partial charge in [0.25, 0.3) is 0 Å². The Kier molecular flexibility index (Phi) is 4.16. The molecule has 0 atom stereocenters. The lowest BCUT2D eigenvalue weighted by Crippen LogP contribution is -2.18. The minimum atomic E-state index is 0.0549. The number of rotatable bonds is 4.